The Hall–Kier alpha value is -0.282. The van der Waals surface area contributed by atoms with Gasteiger partial charge in [-0.05, 0) is 0 Å². The molecule has 0 fully saturated rings. The fourth-order valence-corrected chi connectivity index (χ4v) is 0. The summed E-state index contributed by atoms with van der Waals surface area (Å²) in [5.41, 5.74) is 0. The van der Waals surface area contributed by atoms with Gasteiger partial charge in [-0.1, -0.05) is 0 Å². The first-order valence-electron chi connectivity index (χ1n) is 1.07. The molecule has 0 bridgehead atoms. The Morgan fingerprint density at radius 1 is 1.00 bits per heavy atom. The van der Waals surface area contributed by atoms with Gasteiger partial charge in [-0.2, -0.15) is 0 Å². The van der Waals surface area contributed by atoms with Gasteiger partial charge in [0.2, 0.25) is 0 Å². The van der Waals surface area contributed by atoms with Gasteiger partial charge in [0.05, 0.1) is 11.9 Å². The van der Waals surface area contributed by atoms with Crippen molar-refractivity contribution in [1.29, 1.82) is 0 Å². The van der Waals surface area contributed by atoms with Gasteiger partial charge >= 0.3 is 0 Å². The Morgan fingerprint density at radius 3 is 1.12 bits per heavy atom. The van der Waals surface area contributed by atoms with E-state index in [1.54, 1.807) is 0 Å². The van der Waals surface area contributed by atoms with Crippen LogP contribution in [0, 0.1) is 0 Å². The van der Waals surface area contributed by atoms with Gasteiger partial charge in [0.15, 0.2) is 0 Å². The molecule has 0 aliphatic heterocycles. The molecule has 0 saturated heterocycles. The second-order valence-corrected chi connectivity index (χ2v) is 0.575. The largest absolute Gasteiger partial charge is 0.543 e. The first-order chi connectivity index (χ1) is 2.64. The average Bonchev–Trinajstić information content (AvgIpc) is 1.36. The van der Waals surface area contributed by atoms with Crippen LogP contribution in [-0.2, 0) is 9.59 Å². The van der Waals surface area contributed by atoms with E-state index < -0.39 is 11.9 Å². The van der Waals surface area contributed by atoms with Crippen LogP contribution in [-0.4, -0.2) is 41.8 Å². The van der Waals surface area contributed by atoms with Gasteiger partial charge in [-0.15, -0.1) is 0 Å². The number of hydrogen-bond donors (Lipinski definition) is 0. The van der Waals surface area contributed by atoms with Crippen molar-refractivity contribution in [2.45, 2.75) is 0 Å². The van der Waals surface area contributed by atoms with Gasteiger partial charge in [0.1, 0.15) is 0 Å². The molecule has 0 saturated carbocycles. The molecule has 0 aromatic carbocycles. The van der Waals surface area contributed by atoms with Crippen LogP contribution in [0.5, 0.6) is 0 Å². The van der Waals surface area contributed by atoms with Crippen molar-refractivity contribution in [3.05, 3.63) is 0 Å². The Kier molecular flexibility index (Phi) is 13.1. The zero-order valence-corrected chi connectivity index (χ0v) is 6.13. The molecule has 0 aromatic heterocycles. The monoisotopic (exact) mass is 227 g/mol. The van der Waals surface area contributed by atoms with Gasteiger partial charge in [-0.25, -0.2) is 0 Å². The SMILES string of the molecule is O.O=C([O-])C(=O)[O-].[Sb]. The summed E-state index contributed by atoms with van der Waals surface area (Å²) in [5.74, 6) is -4.37. The van der Waals surface area contributed by atoms with Crippen LogP contribution < -0.4 is 10.2 Å². The summed E-state index contributed by atoms with van der Waals surface area (Å²) >= 11 is 0. The van der Waals surface area contributed by atoms with E-state index in [1.165, 1.54) is 0 Å². The first kappa shape index (κ1) is 15.6. The molecule has 0 heterocycles. The van der Waals surface area contributed by atoms with Crippen molar-refractivity contribution >= 4 is 36.4 Å². The summed E-state index contributed by atoms with van der Waals surface area (Å²) in [6.07, 6.45) is 0. The maximum Gasteiger partial charge on any atom is 0.0870 e. The predicted octanol–water partition coefficient (Wildman–Crippen LogP) is -4.72. The van der Waals surface area contributed by atoms with E-state index >= 15 is 0 Å². The maximum absolute atomic E-state index is 8.93. The fourth-order valence-electron chi connectivity index (χ4n) is 0. The quantitative estimate of drug-likeness (QED) is 0.306. The number of carbonyl (C=O) groups excluding carboxylic acids is 2. The van der Waals surface area contributed by atoms with Crippen molar-refractivity contribution in [2.75, 3.05) is 0 Å². The number of rotatable bonds is 0. The third-order valence-corrected chi connectivity index (χ3v) is 0.167. The molecule has 6 heteroatoms. The van der Waals surface area contributed by atoms with Crippen LogP contribution in [0.1, 0.15) is 0 Å². The second-order valence-electron chi connectivity index (χ2n) is 0.575. The molecule has 5 nitrogen and oxygen atoms in total. The first-order valence-corrected chi connectivity index (χ1v) is 1.07. The van der Waals surface area contributed by atoms with E-state index in [0.717, 1.165) is 0 Å². The third kappa shape index (κ3) is 9.21. The minimum atomic E-state index is -2.19. The average molecular weight is 228 g/mol. The molecule has 8 heavy (non-hydrogen) atoms. The number of carboxylic acid groups (broad SMARTS) is 2. The summed E-state index contributed by atoms with van der Waals surface area (Å²) in [5, 5.41) is 17.9. The van der Waals surface area contributed by atoms with E-state index in [9.17, 15) is 0 Å². The zero-order valence-electron chi connectivity index (χ0n) is 3.58. The van der Waals surface area contributed by atoms with Crippen molar-refractivity contribution < 1.29 is 25.3 Å². The molecule has 0 aliphatic carbocycles. The van der Waals surface area contributed by atoms with Crippen molar-refractivity contribution in [3.63, 3.8) is 0 Å². The number of carbonyl (C=O) groups is 2. The minimum Gasteiger partial charge on any atom is -0.543 e. The van der Waals surface area contributed by atoms with Gasteiger partial charge in [0.25, 0.3) is 0 Å². The number of hydrogen-bond acceptors (Lipinski definition) is 4. The Bertz CT molecular complexity index is 76.4. The summed E-state index contributed by atoms with van der Waals surface area (Å²) in [4.78, 5) is 17.9. The third-order valence-electron chi connectivity index (χ3n) is 0.167. The van der Waals surface area contributed by atoms with E-state index in [0.29, 0.717) is 0 Å². The van der Waals surface area contributed by atoms with E-state index in [4.69, 9.17) is 19.8 Å². The molecule has 0 spiro atoms. The Morgan fingerprint density at radius 2 is 1.12 bits per heavy atom. The normalized spacial score (nSPS) is 5.50. The number of aliphatic carboxylic acids is 2. The molecule has 3 radical (unpaired) electrons. The van der Waals surface area contributed by atoms with Gasteiger partial charge < -0.3 is 25.3 Å². The van der Waals surface area contributed by atoms with E-state index in [1.807, 2.05) is 0 Å². The van der Waals surface area contributed by atoms with Crippen LogP contribution in [0.4, 0.5) is 0 Å². The number of carboxylic acids is 2. The van der Waals surface area contributed by atoms with E-state index in [-0.39, 0.29) is 29.9 Å². The van der Waals surface area contributed by atoms with Crippen LogP contribution >= 0.6 is 0 Å². The summed E-state index contributed by atoms with van der Waals surface area (Å²) < 4.78 is 0. The molecule has 0 aliphatic rings. The summed E-state index contributed by atoms with van der Waals surface area (Å²) in [6.45, 7) is 0. The molecule has 47 valence electrons. The zero-order chi connectivity index (χ0) is 5.15. The fraction of sp³-hybridized carbons (Fsp3) is 0. The molecular weight excluding hydrogens is 226 g/mol. The van der Waals surface area contributed by atoms with Gasteiger partial charge in [-0.3, -0.25) is 0 Å². The maximum atomic E-state index is 8.93. The van der Waals surface area contributed by atoms with Crippen LogP contribution in [0.2, 0.25) is 0 Å². The van der Waals surface area contributed by atoms with Crippen LogP contribution in [0.3, 0.4) is 0 Å². The summed E-state index contributed by atoms with van der Waals surface area (Å²) in [7, 11) is 0. The molecule has 0 amide bonds. The van der Waals surface area contributed by atoms with Crippen molar-refractivity contribution in [2.24, 2.45) is 0 Å². The smallest absolute Gasteiger partial charge is 0.0870 e. The Labute approximate surface area is 62.1 Å². The molecular formula is C2H2O5Sb-2. The molecule has 0 aromatic rings. The van der Waals surface area contributed by atoms with Crippen molar-refractivity contribution in [1.82, 2.24) is 0 Å². The topological polar surface area (TPSA) is 112 Å². The molecule has 0 unspecified atom stereocenters. The summed E-state index contributed by atoms with van der Waals surface area (Å²) in [6, 6.07) is 0. The van der Waals surface area contributed by atoms with Crippen molar-refractivity contribution in [3.8, 4) is 0 Å². The second kappa shape index (κ2) is 6.72. The molecule has 2 N–H and O–H groups in total. The molecule has 0 rings (SSSR count). The van der Waals surface area contributed by atoms with E-state index in [2.05, 4.69) is 0 Å². The molecule has 0 atom stereocenters. The van der Waals surface area contributed by atoms with Crippen LogP contribution in [0.25, 0.3) is 0 Å². The standard InChI is InChI=1S/C2H2O4.H2O.Sb/c3-1(4)2(5)6;;/h(H,3,4)(H,5,6);1H2;/p-2. The predicted molar refractivity (Wildman–Crippen MR) is 19.4 cm³/mol. The Balaban J connectivity index is -0.000000125. The van der Waals surface area contributed by atoms with Gasteiger partial charge in [0, 0.05) is 24.4 Å². The minimum absolute atomic E-state index is 0. The van der Waals surface area contributed by atoms with Crippen LogP contribution in [0.15, 0.2) is 0 Å².